The van der Waals surface area contributed by atoms with Crippen molar-refractivity contribution >= 4 is 40.9 Å². The number of nitrogens with zero attached hydrogens (tertiary/aromatic N) is 3. The monoisotopic (exact) mass is 351 g/mol. The normalized spacial score (nSPS) is 14.0. The maximum Gasteiger partial charge on any atom is 0.234 e. The lowest BCUT2D eigenvalue weighted by Crippen LogP contribution is -2.16. The van der Waals surface area contributed by atoms with Crippen LogP contribution in [0.2, 0.25) is 5.02 Å². The Morgan fingerprint density at radius 3 is 2.83 bits per heavy atom. The van der Waals surface area contributed by atoms with Gasteiger partial charge in [-0.25, -0.2) is 0 Å². The summed E-state index contributed by atoms with van der Waals surface area (Å²) in [5, 5.41) is 12.0. The predicted molar refractivity (Wildman–Crippen MR) is 93.0 cm³/mol. The molecule has 6 nitrogen and oxygen atoms in total. The summed E-state index contributed by atoms with van der Waals surface area (Å²) < 4.78 is 1.90. The number of benzene rings is 1. The lowest BCUT2D eigenvalue weighted by molar-refractivity contribution is -0.113. The highest BCUT2D eigenvalue weighted by atomic mass is 35.5. The van der Waals surface area contributed by atoms with Gasteiger partial charge in [0.2, 0.25) is 11.9 Å². The number of nitrogens with two attached hydrogens (primary N) is 1. The number of hydrogen-bond acceptors (Lipinski definition) is 5. The number of carbonyl (C=O) groups is 1. The molecule has 0 unspecified atom stereocenters. The van der Waals surface area contributed by atoms with Crippen LogP contribution in [0.25, 0.3) is 0 Å². The first-order valence-corrected chi connectivity index (χ1v) is 8.72. The van der Waals surface area contributed by atoms with Crippen molar-refractivity contribution in [3.63, 3.8) is 0 Å². The number of aryl methyl sites for hydroxylation is 2. The van der Waals surface area contributed by atoms with E-state index < -0.39 is 0 Å². The molecular weight excluding hydrogens is 334 g/mol. The summed E-state index contributed by atoms with van der Waals surface area (Å²) in [6.07, 6.45) is 2.17. The van der Waals surface area contributed by atoms with Gasteiger partial charge in [0.15, 0.2) is 5.16 Å². The molecule has 1 heterocycles. The van der Waals surface area contributed by atoms with Crippen LogP contribution in [0.1, 0.15) is 30.0 Å². The zero-order chi connectivity index (χ0) is 16.6. The highest BCUT2D eigenvalue weighted by molar-refractivity contribution is 7.99. The summed E-state index contributed by atoms with van der Waals surface area (Å²) in [7, 11) is 0. The van der Waals surface area contributed by atoms with Gasteiger partial charge < -0.3 is 11.1 Å². The molecule has 3 N–H and O–H groups in total. The van der Waals surface area contributed by atoms with Crippen LogP contribution in [0.15, 0.2) is 17.3 Å². The quantitative estimate of drug-likeness (QED) is 0.808. The summed E-state index contributed by atoms with van der Waals surface area (Å²) in [5.41, 5.74) is 8.49. The Morgan fingerprint density at radius 1 is 1.43 bits per heavy atom. The zero-order valence-corrected chi connectivity index (χ0v) is 14.5. The van der Waals surface area contributed by atoms with Crippen LogP contribution in [0.3, 0.4) is 0 Å². The SMILES string of the molecule is Cc1cc(C)c(NC(=O)CSc2nnc(N)n2C2CC2)c(Cl)c1. The summed E-state index contributed by atoms with van der Waals surface area (Å²) in [6.45, 7) is 3.89. The van der Waals surface area contributed by atoms with Gasteiger partial charge in [0.1, 0.15) is 0 Å². The molecule has 0 bridgehead atoms. The van der Waals surface area contributed by atoms with Crippen molar-refractivity contribution in [1.29, 1.82) is 0 Å². The Balaban J connectivity index is 1.65. The lowest BCUT2D eigenvalue weighted by Gasteiger charge is -2.11. The average Bonchev–Trinajstić information content (AvgIpc) is 3.24. The molecule has 3 rings (SSSR count). The second kappa shape index (κ2) is 6.41. The van der Waals surface area contributed by atoms with Crippen molar-refractivity contribution in [3.05, 3.63) is 28.3 Å². The first-order chi connectivity index (χ1) is 11.0. The molecule has 1 fully saturated rings. The number of aromatic nitrogens is 3. The molecule has 0 radical (unpaired) electrons. The van der Waals surface area contributed by atoms with Crippen LogP contribution in [0, 0.1) is 13.8 Å². The van der Waals surface area contributed by atoms with Crippen LogP contribution < -0.4 is 11.1 Å². The topological polar surface area (TPSA) is 85.8 Å². The first kappa shape index (κ1) is 16.1. The van der Waals surface area contributed by atoms with Crippen LogP contribution in [0.4, 0.5) is 11.6 Å². The Labute approximate surface area is 143 Å². The molecule has 8 heteroatoms. The van der Waals surface area contributed by atoms with E-state index in [-0.39, 0.29) is 11.7 Å². The van der Waals surface area contributed by atoms with Crippen molar-refractivity contribution in [1.82, 2.24) is 14.8 Å². The molecule has 23 heavy (non-hydrogen) atoms. The number of halogens is 1. The minimum atomic E-state index is -0.132. The highest BCUT2D eigenvalue weighted by Crippen LogP contribution is 2.39. The second-order valence-corrected chi connectivity index (χ2v) is 7.07. The summed E-state index contributed by atoms with van der Waals surface area (Å²) in [4.78, 5) is 12.2. The smallest absolute Gasteiger partial charge is 0.234 e. The van der Waals surface area contributed by atoms with Gasteiger partial charge in [0.25, 0.3) is 0 Å². The van der Waals surface area contributed by atoms with Gasteiger partial charge in [-0.1, -0.05) is 29.4 Å². The standard InChI is InChI=1S/C15H18ClN5OS/c1-8-5-9(2)13(11(16)6-8)18-12(22)7-23-15-20-19-14(17)21(15)10-3-4-10/h5-6,10H,3-4,7H2,1-2H3,(H2,17,19)(H,18,22). The fraction of sp³-hybridized carbons (Fsp3) is 0.400. The van der Waals surface area contributed by atoms with Gasteiger partial charge in [-0.2, -0.15) is 0 Å². The van der Waals surface area contributed by atoms with E-state index in [0.717, 1.165) is 24.0 Å². The van der Waals surface area contributed by atoms with E-state index in [2.05, 4.69) is 15.5 Å². The summed E-state index contributed by atoms with van der Waals surface area (Å²) in [5.74, 6) is 0.509. The van der Waals surface area contributed by atoms with E-state index in [1.807, 2.05) is 30.5 Å². The first-order valence-electron chi connectivity index (χ1n) is 7.35. The third kappa shape index (κ3) is 3.61. The molecule has 0 saturated heterocycles. The van der Waals surface area contributed by atoms with Gasteiger partial charge >= 0.3 is 0 Å². The Bertz CT molecular complexity index is 733. The number of anilines is 2. The third-order valence-corrected chi connectivity index (χ3v) is 4.87. The Hall–Kier alpha value is -1.73. The number of nitrogen functional groups attached to an aromatic ring is 1. The van der Waals surface area contributed by atoms with E-state index >= 15 is 0 Å². The lowest BCUT2D eigenvalue weighted by atomic mass is 10.1. The largest absolute Gasteiger partial charge is 0.368 e. The second-order valence-electron chi connectivity index (χ2n) is 5.72. The van der Waals surface area contributed by atoms with Crippen molar-refractivity contribution < 1.29 is 4.79 Å². The molecule has 0 atom stereocenters. The molecular formula is C15H18ClN5OS. The summed E-state index contributed by atoms with van der Waals surface area (Å²) in [6, 6.07) is 4.20. The maximum atomic E-state index is 12.2. The number of hydrogen-bond donors (Lipinski definition) is 2. The molecule has 1 aliphatic rings. The Morgan fingerprint density at radius 2 is 2.17 bits per heavy atom. The Kier molecular flexibility index (Phi) is 4.50. The third-order valence-electron chi connectivity index (χ3n) is 3.63. The molecule has 0 spiro atoms. The average molecular weight is 352 g/mol. The van der Waals surface area contributed by atoms with Crippen LogP contribution in [-0.4, -0.2) is 26.4 Å². The highest BCUT2D eigenvalue weighted by Gasteiger charge is 2.29. The van der Waals surface area contributed by atoms with Crippen LogP contribution >= 0.6 is 23.4 Å². The molecule has 1 saturated carbocycles. The van der Waals surface area contributed by atoms with Crippen LogP contribution in [0.5, 0.6) is 0 Å². The van der Waals surface area contributed by atoms with Gasteiger partial charge in [-0.3, -0.25) is 9.36 Å². The molecule has 1 aromatic heterocycles. The van der Waals surface area contributed by atoms with E-state index in [1.54, 1.807) is 0 Å². The van der Waals surface area contributed by atoms with E-state index in [9.17, 15) is 4.79 Å². The van der Waals surface area contributed by atoms with Gasteiger partial charge in [0, 0.05) is 6.04 Å². The van der Waals surface area contributed by atoms with Crippen LogP contribution in [-0.2, 0) is 4.79 Å². The van der Waals surface area contributed by atoms with Crippen molar-refractivity contribution in [2.45, 2.75) is 37.9 Å². The van der Waals surface area contributed by atoms with Crippen molar-refractivity contribution in [2.24, 2.45) is 0 Å². The summed E-state index contributed by atoms with van der Waals surface area (Å²) >= 11 is 7.54. The molecule has 2 aromatic rings. The predicted octanol–water partition coefficient (Wildman–Crippen LogP) is 3.20. The minimum absolute atomic E-state index is 0.132. The molecule has 122 valence electrons. The zero-order valence-electron chi connectivity index (χ0n) is 13.0. The number of nitrogens with one attached hydrogen (secondary N) is 1. The molecule has 1 aromatic carbocycles. The van der Waals surface area contributed by atoms with Gasteiger partial charge in [-0.05, 0) is 43.9 Å². The minimum Gasteiger partial charge on any atom is -0.368 e. The van der Waals surface area contributed by atoms with E-state index in [4.69, 9.17) is 17.3 Å². The molecule has 1 amide bonds. The molecule has 1 aliphatic carbocycles. The maximum absolute atomic E-state index is 12.2. The van der Waals surface area contributed by atoms with E-state index in [1.165, 1.54) is 11.8 Å². The van der Waals surface area contributed by atoms with Gasteiger partial charge in [-0.15, -0.1) is 10.2 Å². The van der Waals surface area contributed by atoms with E-state index in [0.29, 0.717) is 27.9 Å². The number of rotatable bonds is 5. The van der Waals surface area contributed by atoms with Gasteiger partial charge in [0.05, 0.1) is 16.5 Å². The number of amides is 1. The number of thioether (sulfide) groups is 1. The van der Waals surface area contributed by atoms with Crippen molar-refractivity contribution in [3.8, 4) is 0 Å². The number of carbonyl (C=O) groups excluding carboxylic acids is 1. The van der Waals surface area contributed by atoms with Crippen molar-refractivity contribution in [2.75, 3.05) is 16.8 Å². The fourth-order valence-corrected chi connectivity index (χ4v) is 3.62. The molecule has 0 aliphatic heterocycles. The fourth-order valence-electron chi connectivity index (χ4n) is 2.44.